The summed E-state index contributed by atoms with van der Waals surface area (Å²) < 4.78 is 6.24. The summed E-state index contributed by atoms with van der Waals surface area (Å²) >= 11 is 1.42. The number of rotatable bonds is 7. The Hall–Kier alpha value is -4.03. The number of aliphatic imine (C=N–C) groups is 1. The van der Waals surface area contributed by atoms with Gasteiger partial charge in [-0.15, -0.1) is 0 Å². The molecular formula is C34H33N3O2S. The number of carbonyl (C=O) groups excluding carboxylic acids is 1. The number of carbonyl (C=O) groups is 1. The summed E-state index contributed by atoms with van der Waals surface area (Å²) in [7, 11) is 0. The summed E-state index contributed by atoms with van der Waals surface area (Å²) in [4.78, 5) is 23.0. The summed E-state index contributed by atoms with van der Waals surface area (Å²) in [6.45, 7) is 5.23. The van der Waals surface area contributed by atoms with Crippen LogP contribution in [0.2, 0.25) is 0 Å². The zero-order valence-corrected chi connectivity index (χ0v) is 23.6. The summed E-state index contributed by atoms with van der Waals surface area (Å²) in [5.74, 6) is 0.721. The van der Waals surface area contributed by atoms with E-state index in [9.17, 15) is 4.79 Å². The van der Waals surface area contributed by atoms with Crippen LogP contribution in [0.1, 0.15) is 37.3 Å². The predicted molar refractivity (Wildman–Crippen MR) is 167 cm³/mol. The Morgan fingerprint density at radius 1 is 0.875 bits per heavy atom. The van der Waals surface area contributed by atoms with E-state index in [1.807, 2.05) is 61.5 Å². The van der Waals surface area contributed by atoms with Gasteiger partial charge in [-0.1, -0.05) is 54.6 Å². The largest absolute Gasteiger partial charge is 0.488 e. The van der Waals surface area contributed by atoms with Crippen LogP contribution in [0.15, 0.2) is 101 Å². The number of piperidine rings is 1. The van der Waals surface area contributed by atoms with Gasteiger partial charge in [0.15, 0.2) is 5.17 Å². The van der Waals surface area contributed by atoms with Crippen LogP contribution in [0.4, 0.5) is 11.4 Å². The van der Waals surface area contributed by atoms with Gasteiger partial charge in [-0.3, -0.25) is 9.69 Å². The summed E-state index contributed by atoms with van der Waals surface area (Å²) in [5, 5.41) is 3.11. The van der Waals surface area contributed by atoms with Crippen molar-refractivity contribution in [3.8, 4) is 5.75 Å². The number of ether oxygens (including phenoxy) is 1. The number of nitrogens with zero attached hydrogens (tertiary/aromatic N) is 3. The Labute approximate surface area is 240 Å². The average molecular weight is 548 g/mol. The molecule has 4 aromatic rings. The maximum absolute atomic E-state index is 13.3. The monoisotopic (exact) mass is 547 g/mol. The van der Waals surface area contributed by atoms with E-state index >= 15 is 0 Å². The lowest BCUT2D eigenvalue weighted by Gasteiger charge is -2.28. The fourth-order valence-corrected chi connectivity index (χ4v) is 6.29. The minimum Gasteiger partial charge on any atom is -0.488 e. The molecule has 202 valence electrons. The van der Waals surface area contributed by atoms with Crippen molar-refractivity contribution in [1.82, 2.24) is 4.90 Å². The van der Waals surface area contributed by atoms with Crippen LogP contribution in [0, 0.1) is 0 Å². The van der Waals surface area contributed by atoms with E-state index in [1.54, 1.807) is 4.90 Å². The van der Waals surface area contributed by atoms with E-state index in [0.29, 0.717) is 23.2 Å². The lowest BCUT2D eigenvalue weighted by Crippen LogP contribution is -2.29. The highest BCUT2D eigenvalue weighted by atomic mass is 32.2. The van der Waals surface area contributed by atoms with Gasteiger partial charge in [0.05, 0.1) is 10.6 Å². The van der Waals surface area contributed by atoms with Crippen molar-refractivity contribution in [3.05, 3.63) is 107 Å². The van der Waals surface area contributed by atoms with Crippen molar-refractivity contribution < 1.29 is 9.53 Å². The van der Waals surface area contributed by atoms with Gasteiger partial charge >= 0.3 is 0 Å². The summed E-state index contributed by atoms with van der Waals surface area (Å²) in [6.07, 6.45) is 5.74. The molecule has 2 aliphatic rings. The molecule has 1 amide bonds. The minimum absolute atomic E-state index is 0.0273. The normalized spacial score (nSPS) is 17.8. The molecule has 0 aliphatic carbocycles. The van der Waals surface area contributed by atoms with Gasteiger partial charge in [-0.25, -0.2) is 4.99 Å². The number of amides is 1. The summed E-state index contributed by atoms with van der Waals surface area (Å²) in [6, 6.07) is 30.9. The van der Waals surface area contributed by atoms with E-state index in [0.717, 1.165) is 35.7 Å². The molecule has 0 atom stereocenters. The molecule has 0 spiro atoms. The first-order valence-electron chi connectivity index (χ1n) is 14.0. The maximum Gasteiger partial charge on any atom is 0.266 e. The quantitative estimate of drug-likeness (QED) is 0.220. The second-order valence-electron chi connectivity index (χ2n) is 10.1. The van der Waals surface area contributed by atoms with Gasteiger partial charge < -0.3 is 9.64 Å². The van der Waals surface area contributed by atoms with Crippen LogP contribution in [0.3, 0.4) is 0 Å². The van der Waals surface area contributed by atoms with Crippen LogP contribution in [0.25, 0.3) is 16.8 Å². The third-order valence-electron chi connectivity index (χ3n) is 7.41. The molecule has 6 heteroatoms. The van der Waals surface area contributed by atoms with Gasteiger partial charge in [0.2, 0.25) is 0 Å². The van der Waals surface area contributed by atoms with E-state index in [-0.39, 0.29) is 5.91 Å². The molecule has 0 unspecified atom stereocenters. The predicted octanol–water partition coefficient (Wildman–Crippen LogP) is 8.03. The molecule has 2 aliphatic heterocycles. The molecule has 0 saturated carbocycles. The molecule has 0 bridgehead atoms. The van der Waals surface area contributed by atoms with Crippen molar-refractivity contribution >= 4 is 51.1 Å². The fraction of sp³-hybridized carbons (Fsp3) is 0.235. The number of fused-ring (bicyclic) bond motifs is 1. The van der Waals surface area contributed by atoms with Gasteiger partial charge in [0.1, 0.15) is 12.4 Å². The molecule has 5 nitrogen and oxygen atoms in total. The Balaban J connectivity index is 1.19. The average Bonchev–Trinajstić information content (AvgIpc) is 3.30. The highest BCUT2D eigenvalue weighted by Gasteiger charge is 2.32. The highest BCUT2D eigenvalue weighted by Crippen LogP contribution is 2.36. The second kappa shape index (κ2) is 12.0. The first kappa shape index (κ1) is 26.2. The molecule has 2 heterocycles. The van der Waals surface area contributed by atoms with Gasteiger partial charge in [0, 0.05) is 30.9 Å². The Bertz CT molecular complexity index is 1570. The Kier molecular flexibility index (Phi) is 7.87. The SMILES string of the molecule is CCN1C(=O)/C(=C/c2ccccc2OCc2ccc3ccccc3c2)SC1=Nc1ccc(N2CCCCC2)cc1. The minimum atomic E-state index is -0.0273. The molecule has 4 aromatic carbocycles. The molecule has 40 heavy (non-hydrogen) atoms. The Morgan fingerprint density at radius 2 is 1.62 bits per heavy atom. The van der Waals surface area contributed by atoms with Crippen LogP contribution in [-0.2, 0) is 11.4 Å². The molecule has 2 saturated heterocycles. The van der Waals surface area contributed by atoms with Crippen LogP contribution in [0.5, 0.6) is 5.75 Å². The third kappa shape index (κ3) is 5.77. The zero-order valence-electron chi connectivity index (χ0n) is 22.8. The van der Waals surface area contributed by atoms with Crippen LogP contribution < -0.4 is 9.64 Å². The van der Waals surface area contributed by atoms with Gasteiger partial charge in [-0.05, 0) is 96.8 Å². The lowest BCUT2D eigenvalue weighted by molar-refractivity contribution is -0.122. The zero-order chi connectivity index (χ0) is 27.3. The Morgan fingerprint density at radius 3 is 2.42 bits per heavy atom. The fourth-order valence-electron chi connectivity index (χ4n) is 5.23. The number of likely N-dealkylation sites (N-methyl/N-ethyl adjacent to an activating group) is 1. The van der Waals surface area contributed by atoms with Gasteiger partial charge in [0.25, 0.3) is 5.91 Å². The van der Waals surface area contributed by atoms with Crippen molar-refractivity contribution in [2.24, 2.45) is 4.99 Å². The molecular weight excluding hydrogens is 514 g/mol. The topological polar surface area (TPSA) is 45.1 Å². The number of benzene rings is 4. The van der Waals surface area contributed by atoms with Crippen molar-refractivity contribution in [2.45, 2.75) is 32.8 Å². The first-order valence-corrected chi connectivity index (χ1v) is 14.8. The highest BCUT2D eigenvalue weighted by molar-refractivity contribution is 8.18. The smallest absolute Gasteiger partial charge is 0.266 e. The first-order chi connectivity index (χ1) is 19.7. The lowest BCUT2D eigenvalue weighted by atomic mass is 10.1. The standard InChI is InChI=1S/C34H33N3O2S/c1-2-37-33(38)32(40-34(37)35-29-16-18-30(19-17-29)36-20-8-3-9-21-36)23-28-12-6-7-13-31(28)39-24-25-14-15-26-10-4-5-11-27(26)22-25/h4-7,10-19,22-23H,2-3,8-9,20-21,24H2,1H3/b32-23-,35-34?. The number of anilines is 1. The maximum atomic E-state index is 13.3. The van der Waals surface area contributed by atoms with Crippen molar-refractivity contribution in [2.75, 3.05) is 24.5 Å². The molecule has 0 radical (unpaired) electrons. The summed E-state index contributed by atoms with van der Waals surface area (Å²) in [5.41, 5.74) is 4.08. The molecule has 6 rings (SSSR count). The number of para-hydroxylation sites is 1. The number of hydrogen-bond donors (Lipinski definition) is 0. The van der Waals surface area contributed by atoms with Crippen molar-refractivity contribution in [3.63, 3.8) is 0 Å². The van der Waals surface area contributed by atoms with E-state index < -0.39 is 0 Å². The number of thioether (sulfide) groups is 1. The van der Waals surface area contributed by atoms with Crippen molar-refractivity contribution in [1.29, 1.82) is 0 Å². The van der Waals surface area contributed by atoms with E-state index in [1.165, 1.54) is 47.5 Å². The van der Waals surface area contributed by atoms with E-state index in [2.05, 4.69) is 47.4 Å². The number of amidine groups is 1. The third-order valence-corrected chi connectivity index (χ3v) is 8.42. The molecule has 0 N–H and O–H groups in total. The van der Waals surface area contributed by atoms with Gasteiger partial charge in [-0.2, -0.15) is 0 Å². The van der Waals surface area contributed by atoms with Crippen LogP contribution >= 0.6 is 11.8 Å². The second-order valence-corrected chi connectivity index (χ2v) is 11.1. The molecule has 2 fully saturated rings. The van der Waals surface area contributed by atoms with Crippen LogP contribution in [-0.4, -0.2) is 35.6 Å². The van der Waals surface area contributed by atoms with E-state index in [4.69, 9.17) is 9.73 Å². The number of hydrogen-bond acceptors (Lipinski definition) is 5. The molecule has 0 aromatic heterocycles.